The molecule has 1 aromatic carbocycles. The topological polar surface area (TPSA) is 84.6 Å². The van der Waals surface area contributed by atoms with Crippen LogP contribution in [0.25, 0.3) is 20.9 Å². The number of ether oxygens (including phenoxy) is 1. The van der Waals surface area contributed by atoms with Crippen LogP contribution in [0.3, 0.4) is 0 Å². The van der Waals surface area contributed by atoms with Crippen LogP contribution in [0.5, 0.6) is 0 Å². The molecule has 2 heterocycles. The maximum Gasteiger partial charge on any atom is 0.410 e. The molecule has 0 aliphatic heterocycles. The highest BCUT2D eigenvalue weighted by Gasteiger charge is 2.24. The van der Waals surface area contributed by atoms with E-state index in [9.17, 15) is 4.79 Å². The minimum atomic E-state index is -0.441. The molecule has 0 aliphatic carbocycles. The van der Waals surface area contributed by atoms with E-state index in [1.165, 1.54) is 0 Å². The van der Waals surface area contributed by atoms with Gasteiger partial charge in [0.05, 0.1) is 0 Å². The van der Waals surface area contributed by atoms with E-state index in [0.29, 0.717) is 13.1 Å². The van der Waals surface area contributed by atoms with Crippen molar-refractivity contribution in [3.63, 3.8) is 0 Å². The summed E-state index contributed by atoms with van der Waals surface area (Å²) in [6, 6.07) is 9.88. The summed E-state index contributed by atoms with van der Waals surface area (Å²) in [7, 11) is 2.07. The lowest BCUT2D eigenvalue weighted by molar-refractivity contribution is 0.0112. The van der Waals surface area contributed by atoms with Crippen molar-refractivity contribution in [3.05, 3.63) is 42.1 Å². The molecule has 0 bridgehead atoms. The molecule has 2 aromatic heterocycles. The molecule has 0 atom stereocenters. The van der Waals surface area contributed by atoms with E-state index in [0.717, 1.165) is 58.1 Å². The van der Waals surface area contributed by atoms with Crippen LogP contribution in [-0.2, 0) is 11.2 Å². The quantitative estimate of drug-likeness (QED) is 0.418. The number of benzene rings is 1. The van der Waals surface area contributed by atoms with E-state index in [1.54, 1.807) is 16.2 Å². The van der Waals surface area contributed by atoms with Crippen LogP contribution in [0, 0.1) is 0 Å². The summed E-state index contributed by atoms with van der Waals surface area (Å²) in [6.45, 7) is 10.8. The number of nitrogen functional groups attached to an aromatic ring is 1. The van der Waals surface area contributed by atoms with Crippen LogP contribution in [-0.4, -0.2) is 64.7 Å². The summed E-state index contributed by atoms with van der Waals surface area (Å²) in [5.74, 6) is 0. The Morgan fingerprint density at radius 1 is 1.18 bits per heavy atom. The van der Waals surface area contributed by atoms with Gasteiger partial charge >= 0.3 is 6.09 Å². The van der Waals surface area contributed by atoms with Crippen molar-refractivity contribution in [2.24, 2.45) is 0 Å². The Morgan fingerprint density at radius 3 is 2.64 bits per heavy atom. The second-order valence-corrected chi connectivity index (χ2v) is 9.87. The lowest BCUT2D eigenvalue weighted by Crippen LogP contribution is -2.41. The summed E-state index contributed by atoms with van der Waals surface area (Å²) in [5, 5.41) is 0.891. The standard InChI is InChI=1S/C25H35N5O2S/c1-6-25(3,4)32-24(31)30(7-2)15-14-29(5)13-12-18-16-21-23(27-17-18)33-22(28-21)19-10-8-9-11-20(19)26/h8-11,16-17H,6-7,12-15,26H2,1-5H3. The molecular weight excluding hydrogens is 434 g/mol. The number of anilines is 1. The number of aromatic nitrogens is 2. The molecule has 3 rings (SSSR count). The van der Waals surface area contributed by atoms with Gasteiger partial charge < -0.3 is 20.3 Å². The van der Waals surface area contributed by atoms with E-state index in [1.807, 2.05) is 58.2 Å². The zero-order chi connectivity index (χ0) is 24.0. The van der Waals surface area contributed by atoms with Crippen molar-refractivity contribution in [3.8, 4) is 10.6 Å². The fraction of sp³-hybridized carbons (Fsp3) is 0.480. The first kappa shape index (κ1) is 24.9. The van der Waals surface area contributed by atoms with Gasteiger partial charge in [0.2, 0.25) is 0 Å². The minimum absolute atomic E-state index is 0.245. The number of fused-ring (bicyclic) bond motifs is 1. The molecule has 0 saturated carbocycles. The van der Waals surface area contributed by atoms with Crippen molar-refractivity contribution in [1.29, 1.82) is 0 Å². The molecule has 7 nitrogen and oxygen atoms in total. The van der Waals surface area contributed by atoms with Gasteiger partial charge in [-0.25, -0.2) is 14.8 Å². The maximum absolute atomic E-state index is 12.5. The highest BCUT2D eigenvalue weighted by atomic mass is 32.1. The first-order valence-corrected chi connectivity index (χ1v) is 12.3. The Kier molecular flexibility index (Phi) is 8.26. The van der Waals surface area contributed by atoms with Gasteiger partial charge in [-0.3, -0.25) is 0 Å². The SMILES string of the molecule is CCN(CCN(C)CCc1cnc2sc(-c3ccccc3N)nc2c1)C(=O)OC(C)(C)CC. The number of carbonyl (C=O) groups excluding carboxylic acids is 1. The van der Waals surface area contributed by atoms with Crippen molar-refractivity contribution in [2.75, 3.05) is 39.0 Å². The number of rotatable bonds is 10. The summed E-state index contributed by atoms with van der Waals surface area (Å²) >= 11 is 1.56. The average Bonchev–Trinajstić information content (AvgIpc) is 3.21. The van der Waals surface area contributed by atoms with Crippen LogP contribution in [0.4, 0.5) is 10.5 Å². The van der Waals surface area contributed by atoms with Crippen molar-refractivity contribution in [1.82, 2.24) is 19.8 Å². The largest absolute Gasteiger partial charge is 0.443 e. The monoisotopic (exact) mass is 469 g/mol. The number of hydrogen-bond acceptors (Lipinski definition) is 7. The number of pyridine rings is 1. The second kappa shape index (κ2) is 10.9. The Bertz CT molecular complexity index is 1080. The summed E-state index contributed by atoms with van der Waals surface area (Å²) in [4.78, 5) is 26.7. The summed E-state index contributed by atoms with van der Waals surface area (Å²) < 4.78 is 5.63. The highest BCUT2D eigenvalue weighted by molar-refractivity contribution is 7.21. The van der Waals surface area contributed by atoms with Crippen LogP contribution in [0.15, 0.2) is 36.5 Å². The van der Waals surface area contributed by atoms with Crippen LogP contribution in [0.1, 0.15) is 39.7 Å². The average molecular weight is 470 g/mol. The molecule has 0 fully saturated rings. The molecule has 0 unspecified atom stereocenters. The van der Waals surface area contributed by atoms with E-state index >= 15 is 0 Å². The van der Waals surface area contributed by atoms with E-state index in [4.69, 9.17) is 15.5 Å². The van der Waals surface area contributed by atoms with Gasteiger partial charge in [0.25, 0.3) is 0 Å². The van der Waals surface area contributed by atoms with Gasteiger partial charge in [-0.2, -0.15) is 0 Å². The Balaban J connectivity index is 1.55. The van der Waals surface area contributed by atoms with E-state index < -0.39 is 5.60 Å². The van der Waals surface area contributed by atoms with Crippen molar-refractivity contribution < 1.29 is 9.53 Å². The van der Waals surface area contributed by atoms with Crippen LogP contribution in [0.2, 0.25) is 0 Å². The molecule has 1 amide bonds. The lowest BCUT2D eigenvalue weighted by Gasteiger charge is -2.29. The zero-order valence-corrected chi connectivity index (χ0v) is 21.1. The normalized spacial score (nSPS) is 11.8. The lowest BCUT2D eigenvalue weighted by atomic mass is 10.1. The number of nitrogens with zero attached hydrogens (tertiary/aromatic N) is 4. The molecule has 8 heteroatoms. The number of thiazole rings is 1. The molecular formula is C25H35N5O2S. The third kappa shape index (κ3) is 6.65. The predicted octanol–water partition coefficient (Wildman–Crippen LogP) is 5.06. The number of amides is 1. The van der Waals surface area contributed by atoms with E-state index in [-0.39, 0.29) is 6.09 Å². The molecule has 33 heavy (non-hydrogen) atoms. The van der Waals surface area contributed by atoms with Crippen molar-refractivity contribution in [2.45, 2.75) is 46.1 Å². The third-order valence-corrected chi connectivity index (χ3v) is 6.90. The first-order valence-electron chi connectivity index (χ1n) is 11.5. The smallest absolute Gasteiger partial charge is 0.410 e. The third-order valence-electron chi connectivity index (χ3n) is 5.88. The number of para-hydroxylation sites is 1. The Labute approximate surface area is 200 Å². The second-order valence-electron chi connectivity index (χ2n) is 8.89. The summed E-state index contributed by atoms with van der Waals surface area (Å²) in [6.07, 6.45) is 3.33. The van der Waals surface area contributed by atoms with Crippen LogP contribution < -0.4 is 5.73 Å². The molecule has 0 radical (unpaired) electrons. The van der Waals surface area contributed by atoms with E-state index in [2.05, 4.69) is 23.0 Å². The van der Waals surface area contributed by atoms with Gasteiger partial charge in [-0.15, -0.1) is 0 Å². The van der Waals surface area contributed by atoms with Gasteiger partial charge in [-0.05, 0) is 64.4 Å². The maximum atomic E-state index is 12.5. The fourth-order valence-corrected chi connectivity index (χ4v) is 4.22. The molecule has 0 saturated heterocycles. The molecule has 0 spiro atoms. The number of likely N-dealkylation sites (N-methyl/N-ethyl adjacent to an activating group) is 2. The van der Waals surface area contributed by atoms with Crippen LogP contribution >= 0.6 is 11.3 Å². The molecule has 3 aromatic rings. The Hall–Kier alpha value is -2.71. The highest BCUT2D eigenvalue weighted by Crippen LogP contribution is 2.32. The predicted molar refractivity (Wildman–Crippen MR) is 137 cm³/mol. The van der Waals surface area contributed by atoms with Crippen molar-refractivity contribution >= 4 is 33.5 Å². The van der Waals surface area contributed by atoms with Gasteiger partial charge in [-0.1, -0.05) is 30.4 Å². The van der Waals surface area contributed by atoms with Gasteiger partial charge in [0.15, 0.2) is 0 Å². The number of nitrogens with two attached hydrogens (primary N) is 1. The fourth-order valence-electron chi connectivity index (χ4n) is 3.28. The first-order chi connectivity index (χ1) is 15.7. The number of carbonyl (C=O) groups is 1. The minimum Gasteiger partial charge on any atom is -0.443 e. The summed E-state index contributed by atoms with van der Waals surface area (Å²) in [5.41, 5.74) is 9.38. The molecule has 178 valence electrons. The molecule has 0 aliphatic rings. The Morgan fingerprint density at radius 2 is 1.94 bits per heavy atom. The molecule has 2 N–H and O–H groups in total. The number of hydrogen-bond donors (Lipinski definition) is 1. The zero-order valence-electron chi connectivity index (χ0n) is 20.3. The van der Waals surface area contributed by atoms with Gasteiger partial charge in [0.1, 0.15) is 21.0 Å². The van der Waals surface area contributed by atoms with Gasteiger partial charge in [0, 0.05) is 43.6 Å².